The van der Waals surface area contributed by atoms with Crippen molar-refractivity contribution in [2.45, 2.75) is 136 Å². The lowest BCUT2D eigenvalue weighted by atomic mass is 9.62. The largest absolute Gasteiger partial charge is 0.394 e. The second-order valence-electron chi connectivity index (χ2n) is 14.2. The van der Waals surface area contributed by atoms with Crippen LogP contribution in [0.3, 0.4) is 0 Å². The van der Waals surface area contributed by atoms with E-state index in [2.05, 4.69) is 5.32 Å². The quantitative estimate of drug-likeness (QED) is 0.249. The van der Waals surface area contributed by atoms with Gasteiger partial charge in [0.2, 0.25) is 5.91 Å². The predicted octanol–water partition coefficient (Wildman–Crippen LogP) is 0.890. The molecule has 2 aliphatic heterocycles. The summed E-state index contributed by atoms with van der Waals surface area (Å²) >= 11 is 0. The monoisotopic (exact) mass is 562 g/mol. The zero-order valence-corrected chi connectivity index (χ0v) is 25.6. The van der Waals surface area contributed by atoms with Crippen LogP contribution in [0.15, 0.2) is 0 Å². The molecule has 0 aliphatic carbocycles. The summed E-state index contributed by atoms with van der Waals surface area (Å²) in [4.78, 5) is 12.1. The Bertz CT molecular complexity index is 821. The maximum absolute atomic E-state index is 12.1. The Morgan fingerprint density at radius 1 is 0.821 bits per heavy atom. The highest BCUT2D eigenvalue weighted by Gasteiger charge is 2.58. The third-order valence-electron chi connectivity index (χ3n) is 8.52. The maximum atomic E-state index is 12.1. The lowest BCUT2D eigenvalue weighted by molar-refractivity contribution is -0.332. The molecule has 10 atom stereocenters. The van der Waals surface area contributed by atoms with Crippen LogP contribution in [-0.4, -0.2) is 99.8 Å². The molecule has 0 aromatic rings. The number of amides is 1. The van der Waals surface area contributed by atoms with E-state index in [0.29, 0.717) is 0 Å². The molecule has 39 heavy (non-hydrogen) atoms. The van der Waals surface area contributed by atoms with Crippen molar-refractivity contribution in [3.05, 3.63) is 0 Å². The van der Waals surface area contributed by atoms with Gasteiger partial charge < -0.3 is 50.4 Å². The molecular weight excluding hydrogens is 508 g/mol. The van der Waals surface area contributed by atoms with Gasteiger partial charge in [-0.05, 0) is 40.0 Å². The van der Waals surface area contributed by atoms with Crippen LogP contribution in [0.4, 0.5) is 0 Å². The SMILES string of the molecule is CC(=O)NC1C(O)[C@@H](C(C)(C)C(C)(C)O[C@@H]2OC(CO)[C@H](C(C)(C)C)C(O)C2N)C(CO)O[C@H]1OC(C)(C)C. The van der Waals surface area contributed by atoms with Gasteiger partial charge in [-0.2, -0.15) is 0 Å². The molecule has 2 heterocycles. The molecule has 0 bridgehead atoms. The third-order valence-corrected chi connectivity index (χ3v) is 8.52. The van der Waals surface area contributed by atoms with E-state index >= 15 is 0 Å². The summed E-state index contributed by atoms with van der Waals surface area (Å²) in [5.74, 6) is -1.51. The second kappa shape index (κ2) is 12.1. The molecule has 2 saturated heterocycles. The van der Waals surface area contributed by atoms with E-state index in [1.165, 1.54) is 6.92 Å². The lowest BCUT2D eigenvalue weighted by Gasteiger charge is -2.57. The molecule has 230 valence electrons. The number of ether oxygens (including phenoxy) is 4. The lowest BCUT2D eigenvalue weighted by Crippen LogP contribution is -2.69. The summed E-state index contributed by atoms with van der Waals surface area (Å²) in [6.45, 7) is 19.4. The van der Waals surface area contributed by atoms with Crippen molar-refractivity contribution in [1.82, 2.24) is 5.32 Å². The zero-order valence-electron chi connectivity index (χ0n) is 25.6. The van der Waals surface area contributed by atoms with E-state index in [0.717, 1.165) is 0 Å². The minimum atomic E-state index is -1.17. The highest BCUT2D eigenvalue weighted by molar-refractivity contribution is 5.73. The minimum absolute atomic E-state index is 0.315. The van der Waals surface area contributed by atoms with Crippen LogP contribution in [0.2, 0.25) is 0 Å². The zero-order chi connectivity index (χ0) is 30.3. The third kappa shape index (κ3) is 7.50. The van der Waals surface area contributed by atoms with Crippen LogP contribution in [0.25, 0.3) is 0 Å². The van der Waals surface area contributed by atoms with Crippen LogP contribution in [0.5, 0.6) is 0 Å². The highest BCUT2D eigenvalue weighted by Crippen LogP contribution is 2.49. The molecular formula is C28H54N2O9. The molecule has 2 aliphatic rings. The number of nitrogens with two attached hydrogens (primary N) is 1. The van der Waals surface area contributed by atoms with Crippen molar-refractivity contribution in [2.24, 2.45) is 28.4 Å². The summed E-state index contributed by atoms with van der Waals surface area (Å²) in [5.41, 5.74) is 3.43. The van der Waals surface area contributed by atoms with Gasteiger partial charge in [-0.15, -0.1) is 0 Å². The number of nitrogens with one attached hydrogen (secondary N) is 1. The summed E-state index contributed by atoms with van der Waals surface area (Å²) in [6, 6.07) is -1.81. The highest BCUT2D eigenvalue weighted by atomic mass is 16.7. The minimum Gasteiger partial charge on any atom is -0.394 e. The normalized spacial score (nSPS) is 37.0. The van der Waals surface area contributed by atoms with Gasteiger partial charge in [0.1, 0.15) is 6.04 Å². The Balaban J connectivity index is 2.40. The molecule has 2 rings (SSSR count). The summed E-state index contributed by atoms with van der Waals surface area (Å²) < 4.78 is 24.8. The van der Waals surface area contributed by atoms with Crippen LogP contribution < -0.4 is 11.1 Å². The van der Waals surface area contributed by atoms with Crippen molar-refractivity contribution in [3.8, 4) is 0 Å². The van der Waals surface area contributed by atoms with Gasteiger partial charge in [-0.1, -0.05) is 34.6 Å². The first-order valence-electron chi connectivity index (χ1n) is 13.9. The second-order valence-corrected chi connectivity index (χ2v) is 14.2. The first-order valence-corrected chi connectivity index (χ1v) is 13.9. The molecule has 0 aromatic heterocycles. The van der Waals surface area contributed by atoms with E-state index in [1.807, 2.05) is 69.2 Å². The fourth-order valence-electron chi connectivity index (χ4n) is 5.98. The smallest absolute Gasteiger partial charge is 0.217 e. The fraction of sp³-hybridized carbons (Fsp3) is 0.964. The van der Waals surface area contributed by atoms with E-state index in [9.17, 15) is 25.2 Å². The topological polar surface area (TPSA) is 173 Å². The molecule has 7 N–H and O–H groups in total. The molecule has 0 spiro atoms. The molecule has 2 fully saturated rings. The van der Waals surface area contributed by atoms with Gasteiger partial charge in [0.05, 0.1) is 54.9 Å². The van der Waals surface area contributed by atoms with Gasteiger partial charge in [-0.3, -0.25) is 4.79 Å². The van der Waals surface area contributed by atoms with Gasteiger partial charge in [0, 0.05) is 24.2 Å². The van der Waals surface area contributed by atoms with Crippen LogP contribution in [-0.2, 0) is 23.7 Å². The van der Waals surface area contributed by atoms with Crippen molar-refractivity contribution < 1.29 is 44.2 Å². The van der Waals surface area contributed by atoms with E-state index < -0.39 is 84.1 Å². The van der Waals surface area contributed by atoms with Crippen LogP contribution in [0, 0.1) is 22.7 Å². The summed E-state index contributed by atoms with van der Waals surface area (Å²) in [6.07, 6.45) is -5.77. The van der Waals surface area contributed by atoms with Gasteiger partial charge in [0.15, 0.2) is 12.6 Å². The van der Waals surface area contributed by atoms with Gasteiger partial charge in [0.25, 0.3) is 0 Å². The fourth-order valence-corrected chi connectivity index (χ4v) is 5.98. The first-order chi connectivity index (χ1) is 17.6. The van der Waals surface area contributed by atoms with Crippen molar-refractivity contribution >= 4 is 5.91 Å². The Kier molecular flexibility index (Phi) is 10.7. The molecule has 1 amide bonds. The van der Waals surface area contributed by atoms with E-state index in [4.69, 9.17) is 24.7 Å². The Morgan fingerprint density at radius 3 is 1.74 bits per heavy atom. The average molecular weight is 563 g/mol. The molecule has 6 unspecified atom stereocenters. The number of carbonyl (C=O) groups excluding carboxylic acids is 1. The number of aliphatic hydroxyl groups is 4. The molecule has 11 nitrogen and oxygen atoms in total. The predicted molar refractivity (Wildman–Crippen MR) is 145 cm³/mol. The van der Waals surface area contributed by atoms with Gasteiger partial charge >= 0.3 is 0 Å². The summed E-state index contributed by atoms with van der Waals surface area (Å²) in [7, 11) is 0. The number of aliphatic hydroxyl groups excluding tert-OH is 4. The molecule has 0 radical (unpaired) electrons. The average Bonchev–Trinajstić information content (AvgIpc) is 2.76. The summed E-state index contributed by atoms with van der Waals surface area (Å²) in [5, 5.41) is 46.0. The Morgan fingerprint density at radius 2 is 1.31 bits per heavy atom. The van der Waals surface area contributed by atoms with Gasteiger partial charge in [-0.25, -0.2) is 0 Å². The van der Waals surface area contributed by atoms with Crippen molar-refractivity contribution in [1.29, 1.82) is 0 Å². The Labute approximate surface area is 233 Å². The number of carbonyl (C=O) groups is 1. The number of hydrogen-bond acceptors (Lipinski definition) is 10. The van der Waals surface area contributed by atoms with E-state index in [-0.39, 0.29) is 17.9 Å². The van der Waals surface area contributed by atoms with Crippen molar-refractivity contribution in [3.63, 3.8) is 0 Å². The molecule has 0 saturated carbocycles. The first kappa shape index (κ1) is 34.3. The maximum Gasteiger partial charge on any atom is 0.217 e. The standard InChI is InChI=1S/C28H54N2O9/c1-14(33)30-20-22(35)18(16(13-32)37-24(20)38-26(5,6)7)27(8,9)28(10,11)39-23-19(29)21(34)17(25(2,3)4)15(12-31)36-23/h15-24,31-32,34-35H,12-13,29H2,1-11H3,(H,30,33)/t15?,16?,17-,18-,19?,20?,21?,22?,23-,24-/m0/s1. The number of rotatable bonds is 8. The molecule has 0 aromatic carbocycles. The van der Waals surface area contributed by atoms with Crippen LogP contribution in [0.1, 0.15) is 76.2 Å². The van der Waals surface area contributed by atoms with E-state index in [1.54, 1.807) is 0 Å². The van der Waals surface area contributed by atoms with Crippen LogP contribution >= 0.6 is 0 Å². The molecule has 11 heteroatoms. The Hall–Kier alpha value is -0.890. The van der Waals surface area contributed by atoms with Crippen molar-refractivity contribution in [2.75, 3.05) is 13.2 Å². The number of hydrogen-bond donors (Lipinski definition) is 6.